The Balaban J connectivity index is 3.24. The molecule has 0 saturated heterocycles. The number of carbonyl (C=O) groups is 1. The Morgan fingerprint density at radius 2 is 1.96 bits per heavy atom. The van der Waals surface area contributed by atoms with Crippen molar-refractivity contribution in [1.82, 2.24) is 9.47 Å². The summed E-state index contributed by atoms with van der Waals surface area (Å²) in [5.74, 6) is -0.751. The highest BCUT2D eigenvalue weighted by atomic mass is 19.4. The summed E-state index contributed by atoms with van der Waals surface area (Å²) in [5.41, 5.74) is 3.36. The summed E-state index contributed by atoms with van der Waals surface area (Å²) >= 11 is 0. The summed E-state index contributed by atoms with van der Waals surface area (Å²) in [4.78, 5) is 29.9. The van der Waals surface area contributed by atoms with Crippen LogP contribution in [0, 0.1) is 5.92 Å². The molecule has 0 aromatic carbocycles. The molecule has 1 aromatic rings. The smallest absolute Gasteiger partial charge is 0.368 e. The standard InChI is InChI=1S/C18H28F3N3O4/c1-11(2)8-15(17(22)26)24-10-13(6-5-7-23(4)12(3)28-27)14(9-16(24)25)18(19,20)21/h9-12,15,27H,5-8H2,1-4H3,(H2,22,26). The van der Waals surface area contributed by atoms with E-state index < -0.39 is 35.5 Å². The van der Waals surface area contributed by atoms with Gasteiger partial charge in [-0.25, -0.2) is 4.89 Å². The lowest BCUT2D eigenvalue weighted by Crippen LogP contribution is -2.35. The normalized spacial score (nSPS) is 14.5. The van der Waals surface area contributed by atoms with E-state index >= 15 is 0 Å². The van der Waals surface area contributed by atoms with E-state index in [1.54, 1.807) is 18.9 Å². The molecule has 160 valence electrons. The van der Waals surface area contributed by atoms with Gasteiger partial charge < -0.3 is 10.3 Å². The molecule has 0 saturated carbocycles. The number of halogens is 3. The number of pyridine rings is 1. The second kappa shape index (κ2) is 10.0. The number of rotatable bonds is 10. The molecule has 10 heteroatoms. The maximum atomic E-state index is 13.4. The Morgan fingerprint density at radius 3 is 2.43 bits per heavy atom. The van der Waals surface area contributed by atoms with Crippen LogP contribution in [0.3, 0.4) is 0 Å². The van der Waals surface area contributed by atoms with Crippen LogP contribution >= 0.6 is 0 Å². The Kier molecular flexibility index (Phi) is 8.65. The van der Waals surface area contributed by atoms with E-state index in [4.69, 9.17) is 11.0 Å². The molecule has 7 nitrogen and oxygen atoms in total. The van der Waals surface area contributed by atoms with E-state index in [2.05, 4.69) is 4.89 Å². The van der Waals surface area contributed by atoms with E-state index in [-0.39, 0.29) is 24.3 Å². The fourth-order valence-electron chi connectivity index (χ4n) is 2.89. The lowest BCUT2D eigenvalue weighted by molar-refractivity contribution is -0.304. The van der Waals surface area contributed by atoms with Crippen LogP contribution in [0.25, 0.3) is 0 Å². The molecule has 1 heterocycles. The monoisotopic (exact) mass is 407 g/mol. The number of nitrogens with zero attached hydrogens (tertiary/aromatic N) is 2. The van der Waals surface area contributed by atoms with Crippen LogP contribution in [0.2, 0.25) is 0 Å². The Bertz CT molecular complexity index is 719. The summed E-state index contributed by atoms with van der Waals surface area (Å²) in [6.07, 6.45) is -3.63. The predicted octanol–water partition coefficient (Wildman–Crippen LogP) is 2.64. The number of primary amides is 1. The first-order valence-corrected chi connectivity index (χ1v) is 9.00. The molecule has 0 spiro atoms. The zero-order valence-electron chi connectivity index (χ0n) is 16.5. The van der Waals surface area contributed by atoms with Crippen LogP contribution in [0.5, 0.6) is 0 Å². The number of carbonyl (C=O) groups excluding carboxylic acids is 1. The Labute approximate surface area is 161 Å². The van der Waals surface area contributed by atoms with E-state index in [9.17, 15) is 22.8 Å². The van der Waals surface area contributed by atoms with Crippen LogP contribution in [-0.4, -0.2) is 40.5 Å². The Morgan fingerprint density at radius 1 is 1.36 bits per heavy atom. The van der Waals surface area contributed by atoms with Gasteiger partial charge in [-0.05, 0) is 44.7 Å². The first-order chi connectivity index (χ1) is 12.9. The summed E-state index contributed by atoms with van der Waals surface area (Å²) < 4.78 is 41.2. The van der Waals surface area contributed by atoms with Gasteiger partial charge in [-0.15, -0.1) is 0 Å². The molecule has 0 aliphatic carbocycles. The number of aryl methyl sites for hydroxylation is 1. The van der Waals surface area contributed by atoms with Crippen LogP contribution < -0.4 is 11.3 Å². The topological polar surface area (TPSA) is 97.8 Å². The van der Waals surface area contributed by atoms with Gasteiger partial charge in [0.2, 0.25) is 5.91 Å². The fourth-order valence-corrected chi connectivity index (χ4v) is 2.89. The van der Waals surface area contributed by atoms with Crippen molar-refractivity contribution in [3.05, 3.63) is 33.7 Å². The van der Waals surface area contributed by atoms with Crippen LogP contribution in [-0.2, 0) is 22.3 Å². The molecule has 0 radical (unpaired) electrons. The molecule has 1 rings (SSSR count). The number of amides is 1. The third-order valence-electron chi connectivity index (χ3n) is 4.56. The van der Waals surface area contributed by atoms with Gasteiger partial charge in [0.1, 0.15) is 12.3 Å². The molecular formula is C18H28F3N3O4. The van der Waals surface area contributed by atoms with E-state index in [0.29, 0.717) is 19.0 Å². The van der Waals surface area contributed by atoms with Gasteiger partial charge in [0.05, 0.1) is 5.56 Å². The summed E-state index contributed by atoms with van der Waals surface area (Å²) in [6.45, 7) is 5.59. The fraction of sp³-hybridized carbons (Fsp3) is 0.667. The molecule has 0 bridgehead atoms. The molecule has 2 atom stereocenters. The minimum atomic E-state index is -4.69. The number of nitrogens with two attached hydrogens (primary N) is 1. The second-order valence-corrected chi connectivity index (χ2v) is 7.29. The first-order valence-electron chi connectivity index (χ1n) is 9.00. The zero-order chi connectivity index (χ0) is 21.6. The highest BCUT2D eigenvalue weighted by molar-refractivity contribution is 5.78. The van der Waals surface area contributed by atoms with Crippen LogP contribution in [0.1, 0.15) is 50.8 Å². The average molecular weight is 407 g/mol. The van der Waals surface area contributed by atoms with Crippen molar-refractivity contribution in [2.75, 3.05) is 13.6 Å². The minimum absolute atomic E-state index is 0.0174. The SMILES string of the molecule is CC(C)CC(C(N)=O)n1cc(CCCN(C)C(C)OO)c(C(F)(F)F)cc1=O. The van der Waals surface area contributed by atoms with Gasteiger partial charge in [0.15, 0.2) is 0 Å². The van der Waals surface area contributed by atoms with Crippen LogP contribution in [0.4, 0.5) is 13.2 Å². The van der Waals surface area contributed by atoms with Gasteiger partial charge in [-0.1, -0.05) is 13.8 Å². The van der Waals surface area contributed by atoms with Gasteiger partial charge >= 0.3 is 6.18 Å². The molecule has 0 aliphatic rings. The first kappa shape index (κ1) is 24.1. The zero-order valence-corrected chi connectivity index (χ0v) is 16.5. The van der Waals surface area contributed by atoms with Gasteiger partial charge in [-0.3, -0.25) is 19.7 Å². The van der Waals surface area contributed by atoms with Crippen molar-refractivity contribution in [2.45, 2.75) is 58.5 Å². The highest BCUT2D eigenvalue weighted by Crippen LogP contribution is 2.32. The molecule has 3 N–H and O–H groups in total. The van der Waals surface area contributed by atoms with E-state index in [0.717, 1.165) is 10.8 Å². The summed E-state index contributed by atoms with van der Waals surface area (Å²) in [6, 6.07) is -0.492. The molecule has 2 unspecified atom stereocenters. The third kappa shape index (κ3) is 6.61. The number of aromatic nitrogens is 1. The van der Waals surface area contributed by atoms with Crippen molar-refractivity contribution in [3.63, 3.8) is 0 Å². The highest BCUT2D eigenvalue weighted by Gasteiger charge is 2.35. The van der Waals surface area contributed by atoms with Gasteiger partial charge in [0.25, 0.3) is 5.56 Å². The van der Waals surface area contributed by atoms with Crippen molar-refractivity contribution in [1.29, 1.82) is 0 Å². The largest absolute Gasteiger partial charge is 0.416 e. The lowest BCUT2D eigenvalue weighted by Gasteiger charge is -2.23. The minimum Gasteiger partial charge on any atom is -0.368 e. The summed E-state index contributed by atoms with van der Waals surface area (Å²) in [7, 11) is 1.65. The number of hydrogen-bond donors (Lipinski definition) is 2. The van der Waals surface area contributed by atoms with E-state index in [1.165, 1.54) is 0 Å². The van der Waals surface area contributed by atoms with Gasteiger partial charge in [0, 0.05) is 18.8 Å². The maximum Gasteiger partial charge on any atom is 0.416 e. The number of hydrogen-bond acceptors (Lipinski definition) is 5. The molecule has 1 amide bonds. The average Bonchev–Trinajstić information content (AvgIpc) is 2.58. The van der Waals surface area contributed by atoms with E-state index in [1.807, 2.05) is 13.8 Å². The number of alkyl halides is 3. The second-order valence-electron chi connectivity index (χ2n) is 7.29. The molecule has 0 aliphatic heterocycles. The van der Waals surface area contributed by atoms with Crippen molar-refractivity contribution < 1.29 is 28.1 Å². The molecular weight excluding hydrogens is 379 g/mol. The van der Waals surface area contributed by atoms with Gasteiger partial charge in [-0.2, -0.15) is 13.2 Å². The Hall–Kier alpha value is -1.91. The lowest BCUT2D eigenvalue weighted by atomic mass is 10.0. The van der Waals surface area contributed by atoms with Crippen molar-refractivity contribution in [2.24, 2.45) is 11.7 Å². The molecule has 0 fully saturated rings. The quantitative estimate of drug-likeness (QED) is 0.353. The van der Waals surface area contributed by atoms with Crippen molar-refractivity contribution in [3.8, 4) is 0 Å². The molecule has 28 heavy (non-hydrogen) atoms. The van der Waals surface area contributed by atoms with Crippen molar-refractivity contribution >= 4 is 5.91 Å². The third-order valence-corrected chi connectivity index (χ3v) is 4.56. The maximum absolute atomic E-state index is 13.4. The predicted molar refractivity (Wildman–Crippen MR) is 97.5 cm³/mol. The molecule has 1 aromatic heterocycles. The summed E-state index contributed by atoms with van der Waals surface area (Å²) in [5, 5.41) is 8.65. The van der Waals surface area contributed by atoms with Crippen LogP contribution in [0.15, 0.2) is 17.1 Å².